The number of nitrogens with zero attached hydrogens (tertiary/aromatic N) is 2. The molecular formula is C16H16ClN3. The molecule has 0 aliphatic rings. The van der Waals surface area contributed by atoms with Gasteiger partial charge in [0.2, 0.25) is 0 Å². The van der Waals surface area contributed by atoms with Gasteiger partial charge in [-0.15, -0.1) is 0 Å². The summed E-state index contributed by atoms with van der Waals surface area (Å²) in [6.07, 6.45) is 0. The van der Waals surface area contributed by atoms with E-state index in [2.05, 4.69) is 36.6 Å². The van der Waals surface area contributed by atoms with Crippen LogP contribution in [-0.4, -0.2) is 9.55 Å². The molecule has 0 spiro atoms. The monoisotopic (exact) mass is 285 g/mol. The molecule has 3 aromatic rings. The van der Waals surface area contributed by atoms with Gasteiger partial charge in [-0.05, 0) is 43.7 Å². The predicted octanol–water partition coefficient (Wildman–Crippen LogP) is 4.27. The molecule has 2 N–H and O–H groups in total. The molecule has 0 aliphatic heterocycles. The van der Waals surface area contributed by atoms with Gasteiger partial charge in [0.25, 0.3) is 0 Å². The lowest BCUT2D eigenvalue weighted by Gasteiger charge is -2.09. The highest BCUT2D eigenvalue weighted by molar-refractivity contribution is 6.33. The van der Waals surface area contributed by atoms with Gasteiger partial charge in [-0.2, -0.15) is 0 Å². The molecule has 3 nitrogen and oxygen atoms in total. The van der Waals surface area contributed by atoms with Crippen LogP contribution in [0, 0.1) is 6.92 Å². The van der Waals surface area contributed by atoms with Gasteiger partial charge in [-0.3, -0.25) is 0 Å². The van der Waals surface area contributed by atoms with Gasteiger partial charge >= 0.3 is 0 Å². The molecule has 20 heavy (non-hydrogen) atoms. The van der Waals surface area contributed by atoms with E-state index in [0.717, 1.165) is 29.0 Å². The topological polar surface area (TPSA) is 43.8 Å². The van der Waals surface area contributed by atoms with E-state index in [-0.39, 0.29) is 0 Å². The van der Waals surface area contributed by atoms with Crippen LogP contribution in [0.4, 0.5) is 5.69 Å². The Bertz CT molecular complexity index is 790. The fraction of sp³-hybridized carbons (Fsp3) is 0.188. The number of imidazole rings is 1. The summed E-state index contributed by atoms with van der Waals surface area (Å²) in [5, 5.41) is 0.563. The first-order chi connectivity index (χ1) is 9.61. The van der Waals surface area contributed by atoms with Crippen molar-refractivity contribution in [3.05, 3.63) is 47.0 Å². The normalized spacial score (nSPS) is 11.2. The fourth-order valence-corrected chi connectivity index (χ4v) is 2.67. The standard InChI is InChI=1S/C16H16ClN3/c1-3-20-14-8-7-10(2)9-13(14)19-16(20)11-5-4-6-12(17)15(11)18/h4-9H,3,18H2,1-2H3. The third-order valence-electron chi connectivity index (χ3n) is 3.51. The molecule has 0 aliphatic carbocycles. The lowest BCUT2D eigenvalue weighted by molar-refractivity contribution is 0.796. The average molecular weight is 286 g/mol. The largest absolute Gasteiger partial charge is 0.397 e. The Labute approximate surface area is 123 Å². The molecule has 2 aromatic carbocycles. The van der Waals surface area contributed by atoms with E-state index in [9.17, 15) is 0 Å². The minimum atomic E-state index is 0.563. The number of nitrogen functional groups attached to an aromatic ring is 1. The molecule has 1 aromatic heterocycles. The Hall–Kier alpha value is -2.00. The van der Waals surface area contributed by atoms with Crippen LogP contribution in [0.25, 0.3) is 22.4 Å². The first-order valence-corrected chi connectivity index (χ1v) is 7.01. The number of anilines is 1. The second-order valence-electron chi connectivity index (χ2n) is 4.87. The van der Waals surface area contributed by atoms with Crippen molar-refractivity contribution in [3.63, 3.8) is 0 Å². The van der Waals surface area contributed by atoms with Crippen molar-refractivity contribution in [2.75, 3.05) is 5.73 Å². The Balaban J connectivity index is 2.33. The van der Waals surface area contributed by atoms with E-state index >= 15 is 0 Å². The highest BCUT2D eigenvalue weighted by Gasteiger charge is 2.14. The van der Waals surface area contributed by atoms with Crippen molar-refractivity contribution in [2.24, 2.45) is 0 Å². The zero-order valence-corrected chi connectivity index (χ0v) is 12.3. The maximum Gasteiger partial charge on any atom is 0.143 e. The van der Waals surface area contributed by atoms with Gasteiger partial charge < -0.3 is 10.3 Å². The Morgan fingerprint density at radius 2 is 2.05 bits per heavy atom. The summed E-state index contributed by atoms with van der Waals surface area (Å²) in [4.78, 5) is 4.74. The van der Waals surface area contributed by atoms with Gasteiger partial charge in [0, 0.05) is 12.1 Å². The Morgan fingerprint density at radius 3 is 2.80 bits per heavy atom. The van der Waals surface area contributed by atoms with Gasteiger partial charge in [-0.1, -0.05) is 23.7 Å². The van der Waals surface area contributed by atoms with Crippen LogP contribution in [0.5, 0.6) is 0 Å². The summed E-state index contributed by atoms with van der Waals surface area (Å²) in [5.74, 6) is 0.869. The van der Waals surface area contributed by atoms with Crippen LogP contribution >= 0.6 is 11.6 Å². The lowest BCUT2D eigenvalue weighted by atomic mass is 10.1. The Kier molecular flexibility index (Phi) is 3.14. The second-order valence-corrected chi connectivity index (χ2v) is 5.28. The zero-order valence-electron chi connectivity index (χ0n) is 11.5. The van der Waals surface area contributed by atoms with Crippen molar-refractivity contribution in [3.8, 4) is 11.4 Å². The van der Waals surface area contributed by atoms with Crippen molar-refractivity contribution in [1.82, 2.24) is 9.55 Å². The molecule has 0 radical (unpaired) electrons. The van der Waals surface area contributed by atoms with E-state index < -0.39 is 0 Å². The smallest absolute Gasteiger partial charge is 0.143 e. The van der Waals surface area contributed by atoms with Crippen LogP contribution in [0.3, 0.4) is 0 Å². The number of aromatic nitrogens is 2. The fourth-order valence-electron chi connectivity index (χ4n) is 2.50. The second kappa shape index (κ2) is 4.84. The molecule has 0 unspecified atom stereocenters. The number of benzene rings is 2. The summed E-state index contributed by atoms with van der Waals surface area (Å²) in [6, 6.07) is 11.9. The van der Waals surface area contributed by atoms with E-state index in [1.54, 1.807) is 6.07 Å². The van der Waals surface area contributed by atoms with Crippen molar-refractivity contribution < 1.29 is 0 Å². The molecule has 0 saturated heterocycles. The van der Waals surface area contributed by atoms with Crippen LogP contribution < -0.4 is 5.73 Å². The third kappa shape index (κ3) is 1.95. The van der Waals surface area contributed by atoms with Crippen LogP contribution in [0.2, 0.25) is 5.02 Å². The molecule has 0 bridgehead atoms. The molecular weight excluding hydrogens is 270 g/mol. The van der Waals surface area contributed by atoms with E-state index in [1.165, 1.54) is 5.56 Å². The van der Waals surface area contributed by atoms with Gasteiger partial charge in [0.15, 0.2) is 0 Å². The molecule has 1 heterocycles. The summed E-state index contributed by atoms with van der Waals surface area (Å²) in [5.41, 5.74) is 10.9. The predicted molar refractivity (Wildman–Crippen MR) is 85.0 cm³/mol. The van der Waals surface area contributed by atoms with Crippen LogP contribution in [0.1, 0.15) is 12.5 Å². The lowest BCUT2D eigenvalue weighted by Crippen LogP contribution is -2.00. The number of fused-ring (bicyclic) bond motifs is 1. The highest BCUT2D eigenvalue weighted by atomic mass is 35.5. The molecule has 4 heteroatoms. The third-order valence-corrected chi connectivity index (χ3v) is 3.84. The van der Waals surface area contributed by atoms with E-state index in [1.807, 2.05) is 12.1 Å². The summed E-state index contributed by atoms with van der Waals surface area (Å²) in [6.45, 7) is 5.00. The van der Waals surface area contributed by atoms with E-state index in [4.69, 9.17) is 22.3 Å². The minimum absolute atomic E-state index is 0.563. The number of halogens is 1. The summed E-state index contributed by atoms with van der Waals surface area (Å²) < 4.78 is 2.16. The highest BCUT2D eigenvalue weighted by Crippen LogP contribution is 2.33. The number of hydrogen-bond donors (Lipinski definition) is 1. The molecule has 0 fully saturated rings. The van der Waals surface area contributed by atoms with Gasteiger partial charge in [0.1, 0.15) is 5.82 Å². The summed E-state index contributed by atoms with van der Waals surface area (Å²) in [7, 11) is 0. The first-order valence-electron chi connectivity index (χ1n) is 6.63. The number of aryl methyl sites for hydroxylation is 2. The summed E-state index contributed by atoms with van der Waals surface area (Å²) >= 11 is 6.12. The van der Waals surface area contributed by atoms with Crippen LogP contribution in [-0.2, 0) is 6.54 Å². The van der Waals surface area contributed by atoms with Gasteiger partial charge in [-0.25, -0.2) is 4.98 Å². The Morgan fingerprint density at radius 1 is 1.25 bits per heavy atom. The number of rotatable bonds is 2. The first kappa shape index (κ1) is 13.0. The molecule has 3 rings (SSSR count). The SMILES string of the molecule is CCn1c(-c2cccc(Cl)c2N)nc2cc(C)ccc21. The average Bonchev–Trinajstić information content (AvgIpc) is 2.79. The maximum absolute atomic E-state index is 6.12. The maximum atomic E-state index is 6.12. The number of nitrogens with two attached hydrogens (primary N) is 1. The molecule has 102 valence electrons. The van der Waals surface area contributed by atoms with Crippen LogP contribution in [0.15, 0.2) is 36.4 Å². The molecule has 0 saturated carbocycles. The van der Waals surface area contributed by atoms with Crippen molar-refractivity contribution >= 4 is 28.3 Å². The molecule has 0 amide bonds. The number of para-hydroxylation sites is 1. The van der Waals surface area contributed by atoms with E-state index in [0.29, 0.717) is 10.7 Å². The quantitative estimate of drug-likeness (QED) is 0.715. The van der Waals surface area contributed by atoms with Crippen molar-refractivity contribution in [1.29, 1.82) is 0 Å². The zero-order chi connectivity index (χ0) is 14.3. The number of hydrogen-bond acceptors (Lipinski definition) is 2. The van der Waals surface area contributed by atoms with Gasteiger partial charge in [0.05, 0.1) is 21.7 Å². The molecule has 0 atom stereocenters. The minimum Gasteiger partial charge on any atom is -0.397 e. The van der Waals surface area contributed by atoms with Crippen molar-refractivity contribution in [2.45, 2.75) is 20.4 Å².